The van der Waals surface area contributed by atoms with Crippen LogP contribution in [-0.2, 0) is 16.1 Å². The molecule has 0 amide bonds. The Morgan fingerprint density at radius 2 is 1.71 bits per heavy atom. The van der Waals surface area contributed by atoms with Gasteiger partial charge in [0.15, 0.2) is 0 Å². The van der Waals surface area contributed by atoms with Crippen molar-refractivity contribution in [3.05, 3.63) is 89.2 Å². The minimum atomic E-state index is -0.512. The minimum absolute atomic E-state index is 0.0809. The number of ether oxygens (including phenoxy) is 4. The Kier molecular flexibility index (Phi) is 7.72. The number of benzene rings is 3. The second kappa shape index (κ2) is 11.1. The predicted molar refractivity (Wildman–Crippen MR) is 124 cm³/mol. The molecule has 6 nitrogen and oxygen atoms in total. The number of halogens is 2. The molecule has 0 aliphatic carbocycles. The molecular weight excluding hydrogens is 442 g/mol. The summed E-state index contributed by atoms with van der Waals surface area (Å²) in [6.07, 6.45) is -0.465. The summed E-state index contributed by atoms with van der Waals surface area (Å²) >= 11 is 0. The first-order chi connectivity index (χ1) is 16.6. The lowest BCUT2D eigenvalue weighted by Crippen LogP contribution is -2.12. The van der Waals surface area contributed by atoms with Gasteiger partial charge in [-0.15, -0.1) is 0 Å². The van der Waals surface area contributed by atoms with Crippen molar-refractivity contribution in [3.63, 3.8) is 0 Å². The highest BCUT2D eigenvalue weighted by atomic mass is 19.1. The zero-order valence-electron chi connectivity index (χ0n) is 19.0. The molecule has 0 saturated heterocycles. The number of hydrogen-bond donors (Lipinski definition) is 1. The van der Waals surface area contributed by atoms with Gasteiger partial charge in [0.2, 0.25) is 0 Å². The Hall–Kier alpha value is -3.49. The van der Waals surface area contributed by atoms with Crippen molar-refractivity contribution in [2.24, 2.45) is 0 Å². The van der Waals surface area contributed by atoms with Crippen molar-refractivity contribution in [1.82, 2.24) is 9.97 Å². The second-order valence-corrected chi connectivity index (χ2v) is 7.57. The van der Waals surface area contributed by atoms with E-state index < -0.39 is 17.7 Å². The fraction of sp³-hybridized carbons (Fsp3) is 0.269. The molecule has 178 valence electrons. The van der Waals surface area contributed by atoms with Crippen molar-refractivity contribution in [3.8, 4) is 11.5 Å². The second-order valence-electron chi connectivity index (χ2n) is 7.57. The van der Waals surface area contributed by atoms with E-state index in [1.807, 2.05) is 37.3 Å². The Morgan fingerprint density at radius 3 is 2.47 bits per heavy atom. The average molecular weight is 469 g/mol. The molecule has 4 rings (SSSR count). The zero-order chi connectivity index (χ0) is 23.9. The third kappa shape index (κ3) is 5.70. The first kappa shape index (κ1) is 23.7. The molecule has 4 aromatic rings. The number of imidazole rings is 1. The first-order valence-corrected chi connectivity index (χ1v) is 11.0. The number of rotatable bonds is 11. The Morgan fingerprint density at radius 1 is 0.912 bits per heavy atom. The van der Waals surface area contributed by atoms with Gasteiger partial charge in [-0.25, -0.2) is 13.8 Å². The monoisotopic (exact) mass is 468 g/mol. The van der Waals surface area contributed by atoms with Crippen molar-refractivity contribution in [2.45, 2.75) is 19.6 Å². The van der Waals surface area contributed by atoms with Crippen molar-refractivity contribution < 1.29 is 27.7 Å². The van der Waals surface area contributed by atoms with Gasteiger partial charge < -0.3 is 23.9 Å². The summed E-state index contributed by atoms with van der Waals surface area (Å²) in [5, 5.41) is 0. The fourth-order valence-corrected chi connectivity index (χ4v) is 3.52. The molecular formula is C26H26F2N2O4. The summed E-state index contributed by atoms with van der Waals surface area (Å²) in [6.45, 7) is 3.24. The summed E-state index contributed by atoms with van der Waals surface area (Å²) < 4.78 is 49.6. The number of hydrogen-bond acceptors (Lipinski definition) is 5. The molecule has 1 aromatic heterocycles. The largest absolute Gasteiger partial charge is 0.494 e. The Balaban J connectivity index is 1.53. The van der Waals surface area contributed by atoms with Gasteiger partial charge in [-0.3, -0.25) is 0 Å². The summed E-state index contributed by atoms with van der Waals surface area (Å²) in [5.41, 5.74) is 2.65. The minimum Gasteiger partial charge on any atom is -0.494 e. The maximum Gasteiger partial charge on any atom is 0.141 e. The number of nitrogens with one attached hydrogen (secondary N) is 1. The Bertz CT molecular complexity index is 1230. The van der Waals surface area contributed by atoms with Gasteiger partial charge in [-0.1, -0.05) is 12.1 Å². The lowest BCUT2D eigenvalue weighted by Gasteiger charge is -2.17. The number of methoxy groups -OCH3 is 1. The first-order valence-electron chi connectivity index (χ1n) is 11.0. The highest BCUT2D eigenvalue weighted by Crippen LogP contribution is 2.29. The molecule has 1 heterocycles. The van der Waals surface area contributed by atoms with Crippen LogP contribution in [0.15, 0.2) is 60.7 Å². The summed E-state index contributed by atoms with van der Waals surface area (Å²) in [7, 11) is 1.61. The maximum atomic E-state index is 13.8. The van der Waals surface area contributed by atoms with Crippen LogP contribution in [0.25, 0.3) is 11.0 Å². The van der Waals surface area contributed by atoms with Gasteiger partial charge in [0.05, 0.1) is 30.9 Å². The quantitative estimate of drug-likeness (QED) is 0.292. The van der Waals surface area contributed by atoms with Crippen molar-refractivity contribution in [1.29, 1.82) is 0 Å². The SMILES string of the molecule is CCOc1ccc2[nH]c(C(OCCOC)c3ccc(OCc4cc(F)ccc4F)cc3)nc2c1. The van der Waals surface area contributed by atoms with Crippen LogP contribution < -0.4 is 9.47 Å². The van der Waals surface area contributed by atoms with E-state index in [4.69, 9.17) is 23.9 Å². The predicted octanol–water partition coefficient (Wildman–Crippen LogP) is 5.57. The highest BCUT2D eigenvalue weighted by Gasteiger charge is 2.20. The number of aromatic amines is 1. The maximum absolute atomic E-state index is 13.8. The van der Waals surface area contributed by atoms with Gasteiger partial charge in [-0.2, -0.15) is 0 Å². The third-order valence-corrected chi connectivity index (χ3v) is 5.19. The van der Waals surface area contributed by atoms with E-state index in [-0.39, 0.29) is 12.2 Å². The molecule has 1 unspecified atom stereocenters. The average Bonchev–Trinajstić information content (AvgIpc) is 3.26. The van der Waals surface area contributed by atoms with Gasteiger partial charge in [-0.05, 0) is 55.0 Å². The zero-order valence-corrected chi connectivity index (χ0v) is 19.0. The lowest BCUT2D eigenvalue weighted by atomic mass is 10.1. The fourth-order valence-electron chi connectivity index (χ4n) is 3.52. The van der Waals surface area contributed by atoms with E-state index in [0.29, 0.717) is 31.4 Å². The van der Waals surface area contributed by atoms with Gasteiger partial charge >= 0.3 is 0 Å². The number of nitrogens with zero attached hydrogens (tertiary/aromatic N) is 1. The molecule has 1 N–H and O–H groups in total. The molecule has 0 aliphatic rings. The summed E-state index contributed by atoms with van der Waals surface area (Å²) in [4.78, 5) is 8.04. The van der Waals surface area contributed by atoms with E-state index >= 15 is 0 Å². The van der Waals surface area contributed by atoms with E-state index in [9.17, 15) is 8.78 Å². The molecule has 34 heavy (non-hydrogen) atoms. The van der Waals surface area contributed by atoms with Crippen LogP contribution in [0.1, 0.15) is 30.0 Å². The van der Waals surface area contributed by atoms with E-state index in [0.717, 1.165) is 40.5 Å². The summed E-state index contributed by atoms with van der Waals surface area (Å²) in [6, 6.07) is 16.2. The van der Waals surface area contributed by atoms with E-state index in [1.54, 1.807) is 19.2 Å². The molecule has 0 aliphatic heterocycles. The van der Waals surface area contributed by atoms with Crippen LogP contribution in [0.5, 0.6) is 11.5 Å². The topological polar surface area (TPSA) is 65.6 Å². The van der Waals surface area contributed by atoms with Gasteiger partial charge in [0.25, 0.3) is 0 Å². The molecule has 0 saturated carbocycles. The third-order valence-electron chi connectivity index (χ3n) is 5.19. The molecule has 0 bridgehead atoms. The van der Waals surface area contributed by atoms with Crippen LogP contribution in [-0.4, -0.2) is 36.9 Å². The molecule has 8 heteroatoms. The molecule has 1 atom stereocenters. The van der Waals surface area contributed by atoms with E-state index in [2.05, 4.69) is 4.98 Å². The van der Waals surface area contributed by atoms with Gasteiger partial charge in [0.1, 0.15) is 41.7 Å². The molecule has 0 radical (unpaired) electrons. The van der Waals surface area contributed by atoms with Crippen LogP contribution in [0, 0.1) is 11.6 Å². The van der Waals surface area contributed by atoms with Crippen molar-refractivity contribution >= 4 is 11.0 Å². The highest BCUT2D eigenvalue weighted by molar-refractivity contribution is 5.77. The molecule has 3 aromatic carbocycles. The van der Waals surface area contributed by atoms with Crippen LogP contribution in [0.3, 0.4) is 0 Å². The van der Waals surface area contributed by atoms with Crippen LogP contribution in [0.4, 0.5) is 8.78 Å². The standard InChI is InChI=1S/C26H26F2N2O4/c1-3-32-21-9-11-23-24(15-21)30-26(29-23)25(33-13-12-31-2)17-4-7-20(8-5-17)34-16-18-14-19(27)6-10-22(18)28/h4-11,14-15,25H,3,12-13,16H2,1-2H3,(H,29,30). The molecule has 0 spiro atoms. The van der Waals surface area contributed by atoms with Crippen LogP contribution >= 0.6 is 0 Å². The van der Waals surface area contributed by atoms with Gasteiger partial charge in [0, 0.05) is 18.7 Å². The normalized spacial score (nSPS) is 12.1. The number of fused-ring (bicyclic) bond motifs is 1. The number of aromatic nitrogens is 2. The smallest absolute Gasteiger partial charge is 0.141 e. The Labute approximate surface area is 196 Å². The lowest BCUT2D eigenvalue weighted by molar-refractivity contribution is 0.0322. The summed E-state index contributed by atoms with van der Waals surface area (Å²) in [5.74, 6) is 0.901. The van der Waals surface area contributed by atoms with Crippen LogP contribution in [0.2, 0.25) is 0 Å². The van der Waals surface area contributed by atoms with E-state index in [1.165, 1.54) is 0 Å². The number of H-pyrrole nitrogens is 1. The van der Waals surface area contributed by atoms with Crippen molar-refractivity contribution in [2.75, 3.05) is 26.9 Å². The molecule has 0 fully saturated rings.